The third kappa shape index (κ3) is 4.43. The van der Waals surface area contributed by atoms with E-state index in [0.717, 1.165) is 33.9 Å². The number of fused-ring (bicyclic) bond motifs is 1. The van der Waals surface area contributed by atoms with Gasteiger partial charge in [-0.1, -0.05) is 36.4 Å². The molecule has 5 nitrogen and oxygen atoms in total. The largest absolute Gasteiger partial charge is 0.496 e. The Labute approximate surface area is 191 Å². The van der Waals surface area contributed by atoms with Crippen LogP contribution in [0.4, 0.5) is 17.5 Å². The molecule has 0 unspecified atom stereocenters. The first-order valence-electron chi connectivity index (χ1n) is 10.5. The number of nitrogens with zero attached hydrogens (tertiary/aromatic N) is 1. The molecule has 0 bridgehead atoms. The minimum absolute atomic E-state index is 0.318. The number of hydrogen-bond donors (Lipinski definition) is 0. The zero-order valence-electron chi connectivity index (χ0n) is 17.8. The van der Waals surface area contributed by atoms with Crippen molar-refractivity contribution in [2.24, 2.45) is 0 Å². The van der Waals surface area contributed by atoms with Crippen LogP contribution in [0.2, 0.25) is 0 Å². The Balaban J connectivity index is 1.28. The summed E-state index contributed by atoms with van der Waals surface area (Å²) < 4.78 is 16.9. The summed E-state index contributed by atoms with van der Waals surface area (Å²) in [5.74, 6) is 1.33. The molecule has 0 aliphatic rings. The van der Waals surface area contributed by atoms with E-state index in [9.17, 15) is 4.79 Å². The van der Waals surface area contributed by atoms with Crippen LogP contribution in [0.25, 0.3) is 16.8 Å². The first-order valence-corrected chi connectivity index (χ1v) is 10.5. The number of furan rings is 2. The molecule has 33 heavy (non-hydrogen) atoms. The van der Waals surface area contributed by atoms with Crippen molar-refractivity contribution in [3.63, 3.8) is 0 Å². The SMILES string of the molecule is O=Cc1cc2ccccc2cc1COC=Cc1ccc(N(c2ccco2)c2ccco2)cc1. The quantitative estimate of drug-likeness (QED) is 0.187. The van der Waals surface area contributed by atoms with Gasteiger partial charge in [0.25, 0.3) is 0 Å². The van der Waals surface area contributed by atoms with Crippen LogP contribution in [0.5, 0.6) is 0 Å². The zero-order chi connectivity index (χ0) is 22.5. The van der Waals surface area contributed by atoms with Crippen molar-refractivity contribution in [3.05, 3.63) is 120 Å². The van der Waals surface area contributed by atoms with Crippen LogP contribution in [0.1, 0.15) is 21.5 Å². The molecule has 0 spiro atoms. The molecule has 0 atom stereocenters. The van der Waals surface area contributed by atoms with E-state index in [1.807, 2.05) is 95.9 Å². The maximum absolute atomic E-state index is 11.5. The molecule has 2 aromatic heterocycles. The minimum atomic E-state index is 0.318. The monoisotopic (exact) mass is 435 g/mol. The van der Waals surface area contributed by atoms with Crippen LogP contribution in [-0.2, 0) is 11.3 Å². The van der Waals surface area contributed by atoms with E-state index >= 15 is 0 Å². The molecular weight excluding hydrogens is 414 g/mol. The number of anilines is 3. The van der Waals surface area contributed by atoms with E-state index in [4.69, 9.17) is 13.6 Å². The summed E-state index contributed by atoms with van der Waals surface area (Å²) in [6.07, 6.45) is 7.67. The molecule has 0 N–H and O–H groups in total. The number of rotatable bonds is 8. The molecule has 5 heteroatoms. The average Bonchev–Trinajstić information content (AvgIpc) is 3.58. The van der Waals surface area contributed by atoms with E-state index in [2.05, 4.69) is 0 Å². The molecule has 0 aliphatic heterocycles. The standard InChI is InChI=1S/C28H21NO4/c30-19-24-17-22-5-1-2-6-23(22)18-25(24)20-31-16-13-21-9-11-26(12-10-21)29(27-7-3-14-32-27)28-8-4-15-33-28/h1-19H,20H2. The van der Waals surface area contributed by atoms with Gasteiger partial charge in [0, 0.05) is 23.3 Å². The minimum Gasteiger partial charge on any atom is -0.496 e. The summed E-state index contributed by atoms with van der Waals surface area (Å²) >= 11 is 0. The Morgan fingerprint density at radius 1 is 0.788 bits per heavy atom. The van der Waals surface area contributed by atoms with Crippen molar-refractivity contribution in [2.45, 2.75) is 6.61 Å². The van der Waals surface area contributed by atoms with Gasteiger partial charge in [-0.05, 0) is 58.8 Å². The number of hydrogen-bond acceptors (Lipinski definition) is 5. The molecule has 162 valence electrons. The number of aldehydes is 1. The fourth-order valence-electron chi connectivity index (χ4n) is 3.70. The van der Waals surface area contributed by atoms with Crippen molar-refractivity contribution in [1.82, 2.24) is 0 Å². The highest BCUT2D eigenvalue weighted by Crippen LogP contribution is 2.35. The lowest BCUT2D eigenvalue weighted by molar-refractivity contribution is 0.112. The van der Waals surface area contributed by atoms with Crippen LogP contribution >= 0.6 is 0 Å². The summed E-state index contributed by atoms with van der Waals surface area (Å²) in [6.45, 7) is 0.318. The van der Waals surface area contributed by atoms with Gasteiger partial charge in [0.05, 0.1) is 24.5 Å². The Morgan fingerprint density at radius 2 is 1.45 bits per heavy atom. The highest BCUT2D eigenvalue weighted by Gasteiger charge is 2.16. The van der Waals surface area contributed by atoms with Gasteiger partial charge in [-0.15, -0.1) is 0 Å². The van der Waals surface area contributed by atoms with Crippen LogP contribution in [0.3, 0.4) is 0 Å². The first-order chi connectivity index (χ1) is 16.3. The maximum Gasteiger partial charge on any atom is 0.206 e. The summed E-state index contributed by atoms with van der Waals surface area (Å²) in [5.41, 5.74) is 3.38. The van der Waals surface area contributed by atoms with Crippen LogP contribution in [-0.4, -0.2) is 6.29 Å². The lowest BCUT2D eigenvalue weighted by atomic mass is 10.0. The van der Waals surface area contributed by atoms with Gasteiger partial charge in [0.2, 0.25) is 11.8 Å². The molecule has 5 rings (SSSR count). The maximum atomic E-state index is 11.5. The first kappa shape index (κ1) is 20.4. The third-order valence-electron chi connectivity index (χ3n) is 5.33. The molecule has 0 saturated heterocycles. The predicted molar refractivity (Wildman–Crippen MR) is 129 cm³/mol. The smallest absolute Gasteiger partial charge is 0.206 e. The molecule has 0 fully saturated rings. The summed E-state index contributed by atoms with van der Waals surface area (Å²) in [5, 5.41) is 2.12. The fraction of sp³-hybridized carbons (Fsp3) is 0.0357. The van der Waals surface area contributed by atoms with Crippen LogP contribution in [0.15, 0.2) is 113 Å². The van der Waals surface area contributed by atoms with Crippen molar-refractivity contribution in [2.75, 3.05) is 4.90 Å². The average molecular weight is 435 g/mol. The van der Waals surface area contributed by atoms with E-state index in [1.165, 1.54) is 0 Å². The Bertz CT molecular complexity index is 1330. The van der Waals surface area contributed by atoms with Gasteiger partial charge in [-0.3, -0.25) is 9.69 Å². The van der Waals surface area contributed by atoms with E-state index in [-0.39, 0.29) is 0 Å². The molecule has 2 heterocycles. The van der Waals surface area contributed by atoms with Crippen LogP contribution < -0.4 is 4.90 Å². The Hall–Kier alpha value is -4.51. The van der Waals surface area contributed by atoms with Crippen molar-refractivity contribution < 1.29 is 18.4 Å². The molecule has 0 saturated carbocycles. The Morgan fingerprint density at radius 3 is 2.06 bits per heavy atom. The van der Waals surface area contributed by atoms with Gasteiger partial charge in [-0.2, -0.15) is 0 Å². The topological polar surface area (TPSA) is 55.8 Å². The highest BCUT2D eigenvalue weighted by atomic mass is 16.5. The van der Waals surface area contributed by atoms with Crippen molar-refractivity contribution in [3.8, 4) is 0 Å². The van der Waals surface area contributed by atoms with Gasteiger partial charge >= 0.3 is 0 Å². The van der Waals surface area contributed by atoms with Crippen molar-refractivity contribution >= 4 is 40.6 Å². The lowest BCUT2D eigenvalue weighted by Gasteiger charge is -2.19. The molecule has 0 aliphatic carbocycles. The van der Waals surface area contributed by atoms with Gasteiger partial charge in [-0.25, -0.2) is 0 Å². The number of ether oxygens (including phenoxy) is 1. The lowest BCUT2D eigenvalue weighted by Crippen LogP contribution is -2.07. The van der Waals surface area contributed by atoms with Gasteiger partial charge in [0.1, 0.15) is 12.9 Å². The third-order valence-corrected chi connectivity index (χ3v) is 5.33. The Kier molecular flexibility index (Phi) is 5.76. The van der Waals surface area contributed by atoms with Crippen LogP contribution in [0, 0.1) is 0 Å². The molecule has 5 aromatic rings. The highest BCUT2D eigenvalue weighted by molar-refractivity contribution is 5.90. The number of carbonyl (C=O) groups is 1. The number of carbonyl (C=O) groups excluding carboxylic acids is 1. The zero-order valence-corrected chi connectivity index (χ0v) is 17.8. The van der Waals surface area contributed by atoms with E-state index in [0.29, 0.717) is 23.9 Å². The second-order valence-electron chi connectivity index (χ2n) is 7.46. The molecule has 0 radical (unpaired) electrons. The molecular formula is C28H21NO4. The number of benzene rings is 3. The fourth-order valence-corrected chi connectivity index (χ4v) is 3.70. The second kappa shape index (κ2) is 9.32. The van der Waals surface area contributed by atoms with Gasteiger partial charge < -0.3 is 13.6 Å². The molecule has 0 amide bonds. The normalized spacial score (nSPS) is 11.2. The van der Waals surface area contributed by atoms with E-state index < -0.39 is 0 Å². The summed E-state index contributed by atoms with van der Waals surface area (Å²) in [6, 6.07) is 27.2. The second-order valence-corrected chi connectivity index (χ2v) is 7.46. The van der Waals surface area contributed by atoms with E-state index in [1.54, 1.807) is 18.8 Å². The predicted octanol–water partition coefficient (Wildman–Crippen LogP) is 7.50. The summed E-state index contributed by atoms with van der Waals surface area (Å²) in [7, 11) is 0. The van der Waals surface area contributed by atoms with Crippen molar-refractivity contribution in [1.29, 1.82) is 0 Å². The van der Waals surface area contributed by atoms with Gasteiger partial charge in [0.15, 0.2) is 0 Å². The summed E-state index contributed by atoms with van der Waals surface area (Å²) in [4.78, 5) is 13.4. The molecule has 3 aromatic carbocycles.